The second-order valence-corrected chi connectivity index (χ2v) is 7.92. The quantitative estimate of drug-likeness (QED) is 0.814. The van der Waals surface area contributed by atoms with E-state index in [4.69, 9.17) is 4.42 Å². The summed E-state index contributed by atoms with van der Waals surface area (Å²) in [6, 6.07) is 9.72. The standard InChI is InChI=1S/C17H21NO4S/c1-13(2)11-18(3)17(19)16-14(9-10-22-16)12-23(20,21)15-7-5-4-6-8-15/h4-10,13H,11-12H2,1-3H3. The summed E-state index contributed by atoms with van der Waals surface area (Å²) in [5.74, 6) is -0.158. The third-order valence-corrected chi connectivity index (χ3v) is 5.06. The van der Waals surface area contributed by atoms with Gasteiger partial charge in [-0.25, -0.2) is 8.42 Å². The molecule has 23 heavy (non-hydrogen) atoms. The van der Waals surface area contributed by atoms with Gasteiger partial charge in [-0.3, -0.25) is 4.79 Å². The fourth-order valence-corrected chi connectivity index (χ4v) is 3.73. The van der Waals surface area contributed by atoms with Crippen molar-refractivity contribution in [3.63, 3.8) is 0 Å². The summed E-state index contributed by atoms with van der Waals surface area (Å²) in [6.45, 7) is 4.59. The van der Waals surface area contributed by atoms with Crippen molar-refractivity contribution in [1.82, 2.24) is 4.90 Å². The average molecular weight is 335 g/mol. The first kappa shape index (κ1) is 17.3. The van der Waals surface area contributed by atoms with Crippen molar-refractivity contribution >= 4 is 15.7 Å². The van der Waals surface area contributed by atoms with Crippen LogP contribution in [0.5, 0.6) is 0 Å². The third kappa shape index (κ3) is 4.22. The summed E-state index contributed by atoms with van der Waals surface area (Å²) in [5, 5.41) is 0. The number of carbonyl (C=O) groups excluding carboxylic acids is 1. The number of furan rings is 1. The monoisotopic (exact) mass is 335 g/mol. The average Bonchev–Trinajstić information content (AvgIpc) is 2.94. The lowest BCUT2D eigenvalue weighted by molar-refractivity contribution is 0.0746. The Morgan fingerprint density at radius 2 is 1.83 bits per heavy atom. The van der Waals surface area contributed by atoms with E-state index in [0.717, 1.165) is 0 Å². The Balaban J connectivity index is 2.23. The molecular formula is C17H21NO4S. The third-order valence-electron chi connectivity index (χ3n) is 3.37. The van der Waals surface area contributed by atoms with Gasteiger partial charge in [-0.2, -0.15) is 0 Å². The lowest BCUT2D eigenvalue weighted by Crippen LogP contribution is -2.30. The van der Waals surface area contributed by atoms with Crippen LogP contribution in [0.1, 0.15) is 30.0 Å². The van der Waals surface area contributed by atoms with Crippen molar-refractivity contribution in [2.45, 2.75) is 24.5 Å². The molecule has 0 saturated heterocycles. The molecule has 6 heteroatoms. The second kappa shape index (κ2) is 7.00. The number of nitrogens with zero attached hydrogens (tertiary/aromatic N) is 1. The summed E-state index contributed by atoms with van der Waals surface area (Å²) in [7, 11) is -1.84. The predicted molar refractivity (Wildman–Crippen MR) is 87.8 cm³/mol. The van der Waals surface area contributed by atoms with Gasteiger partial charge >= 0.3 is 0 Å². The highest BCUT2D eigenvalue weighted by atomic mass is 32.2. The number of sulfone groups is 1. The SMILES string of the molecule is CC(C)CN(C)C(=O)c1occc1CS(=O)(=O)c1ccccc1. The minimum absolute atomic E-state index is 0.0904. The van der Waals surface area contributed by atoms with E-state index in [0.29, 0.717) is 18.0 Å². The van der Waals surface area contributed by atoms with Crippen molar-refractivity contribution in [3.05, 3.63) is 54.0 Å². The van der Waals surface area contributed by atoms with Crippen molar-refractivity contribution < 1.29 is 17.6 Å². The van der Waals surface area contributed by atoms with Gasteiger partial charge in [-0.1, -0.05) is 32.0 Å². The van der Waals surface area contributed by atoms with E-state index in [2.05, 4.69) is 0 Å². The Bertz CT molecular complexity index is 763. The normalized spacial score (nSPS) is 11.7. The molecule has 2 aromatic rings. The molecule has 1 aromatic heterocycles. The van der Waals surface area contributed by atoms with Crippen molar-refractivity contribution in [1.29, 1.82) is 0 Å². The van der Waals surface area contributed by atoms with Gasteiger partial charge in [0.05, 0.1) is 16.9 Å². The van der Waals surface area contributed by atoms with Crippen molar-refractivity contribution in [2.24, 2.45) is 5.92 Å². The van der Waals surface area contributed by atoms with Gasteiger partial charge in [-0.05, 0) is 24.1 Å². The van der Waals surface area contributed by atoms with E-state index in [1.165, 1.54) is 12.3 Å². The molecule has 0 bridgehead atoms. The topological polar surface area (TPSA) is 67.6 Å². The van der Waals surface area contributed by atoms with Crippen LogP contribution in [0.4, 0.5) is 0 Å². The Labute approximate surface area is 136 Å². The maximum atomic E-state index is 12.5. The van der Waals surface area contributed by atoms with E-state index in [1.807, 2.05) is 13.8 Å². The van der Waals surface area contributed by atoms with E-state index >= 15 is 0 Å². The molecule has 1 amide bonds. The zero-order valence-electron chi connectivity index (χ0n) is 13.5. The number of amides is 1. The molecule has 0 N–H and O–H groups in total. The van der Waals surface area contributed by atoms with Crippen LogP contribution in [-0.4, -0.2) is 32.8 Å². The minimum Gasteiger partial charge on any atom is -0.459 e. The molecule has 0 spiro atoms. The van der Waals surface area contributed by atoms with Gasteiger partial charge in [-0.15, -0.1) is 0 Å². The van der Waals surface area contributed by atoms with E-state index in [1.54, 1.807) is 42.3 Å². The summed E-state index contributed by atoms with van der Waals surface area (Å²) < 4.78 is 30.2. The van der Waals surface area contributed by atoms with Crippen LogP contribution in [0.25, 0.3) is 0 Å². The number of carbonyl (C=O) groups is 1. The minimum atomic E-state index is -3.52. The molecule has 5 nitrogen and oxygen atoms in total. The molecule has 0 aliphatic heterocycles. The van der Waals surface area contributed by atoms with Crippen molar-refractivity contribution in [2.75, 3.05) is 13.6 Å². The van der Waals surface area contributed by atoms with Crippen molar-refractivity contribution in [3.8, 4) is 0 Å². The molecule has 2 rings (SSSR count). The zero-order chi connectivity index (χ0) is 17.0. The molecule has 0 saturated carbocycles. The van der Waals surface area contributed by atoms with Gasteiger partial charge in [0, 0.05) is 19.2 Å². The van der Waals surface area contributed by atoms with Crippen LogP contribution >= 0.6 is 0 Å². The molecule has 0 aliphatic rings. The van der Waals surface area contributed by atoms with E-state index < -0.39 is 9.84 Å². The maximum Gasteiger partial charge on any atom is 0.289 e. The molecule has 0 atom stereocenters. The number of rotatable bonds is 6. The first-order chi connectivity index (χ1) is 10.8. The van der Waals surface area contributed by atoms with Crippen LogP contribution < -0.4 is 0 Å². The highest BCUT2D eigenvalue weighted by Crippen LogP contribution is 2.21. The fraction of sp³-hybridized carbons (Fsp3) is 0.353. The Morgan fingerprint density at radius 1 is 1.17 bits per heavy atom. The van der Waals surface area contributed by atoms with Crippen LogP contribution in [0, 0.1) is 5.92 Å². The summed E-state index contributed by atoms with van der Waals surface area (Å²) >= 11 is 0. The van der Waals surface area contributed by atoms with Gasteiger partial charge in [0.2, 0.25) is 0 Å². The molecule has 1 heterocycles. The van der Waals surface area contributed by atoms with Gasteiger partial charge in [0.25, 0.3) is 5.91 Å². The molecule has 1 aromatic carbocycles. The molecule has 124 valence electrons. The first-order valence-electron chi connectivity index (χ1n) is 7.41. The largest absolute Gasteiger partial charge is 0.459 e. The molecule has 0 radical (unpaired) electrons. The van der Waals surface area contributed by atoms with Crippen LogP contribution in [-0.2, 0) is 15.6 Å². The number of benzene rings is 1. The predicted octanol–water partition coefficient (Wildman–Crippen LogP) is 2.98. The smallest absolute Gasteiger partial charge is 0.289 e. The van der Waals surface area contributed by atoms with Gasteiger partial charge in [0.1, 0.15) is 0 Å². The maximum absolute atomic E-state index is 12.5. The summed E-state index contributed by atoms with van der Waals surface area (Å²) in [5.41, 5.74) is 0.384. The Morgan fingerprint density at radius 3 is 2.43 bits per heavy atom. The fourth-order valence-electron chi connectivity index (χ4n) is 2.36. The highest BCUT2D eigenvalue weighted by molar-refractivity contribution is 7.90. The zero-order valence-corrected chi connectivity index (χ0v) is 14.3. The van der Waals surface area contributed by atoms with Gasteiger partial charge in [0.15, 0.2) is 15.6 Å². The molecule has 0 fully saturated rings. The van der Waals surface area contributed by atoms with Crippen LogP contribution in [0.3, 0.4) is 0 Å². The summed E-state index contributed by atoms with van der Waals surface area (Å²) in [4.78, 5) is 14.2. The summed E-state index contributed by atoms with van der Waals surface area (Å²) in [6.07, 6.45) is 1.35. The molecular weight excluding hydrogens is 314 g/mol. The van der Waals surface area contributed by atoms with Crippen LogP contribution in [0.15, 0.2) is 52.0 Å². The molecule has 0 aliphatic carbocycles. The second-order valence-electron chi connectivity index (χ2n) is 5.93. The van der Waals surface area contributed by atoms with E-state index in [9.17, 15) is 13.2 Å². The molecule has 0 unspecified atom stereocenters. The van der Waals surface area contributed by atoms with Gasteiger partial charge < -0.3 is 9.32 Å². The first-order valence-corrected chi connectivity index (χ1v) is 9.06. The van der Waals surface area contributed by atoms with Crippen LogP contribution in [0.2, 0.25) is 0 Å². The van der Waals surface area contributed by atoms with E-state index in [-0.39, 0.29) is 22.3 Å². The lowest BCUT2D eigenvalue weighted by Gasteiger charge is -2.18. The Hall–Kier alpha value is -2.08. The number of hydrogen-bond donors (Lipinski definition) is 0. The highest BCUT2D eigenvalue weighted by Gasteiger charge is 2.24. The lowest BCUT2D eigenvalue weighted by atomic mass is 10.2. The Kier molecular flexibility index (Phi) is 5.26. The number of hydrogen-bond acceptors (Lipinski definition) is 4.